The summed E-state index contributed by atoms with van der Waals surface area (Å²) in [7, 11) is -3.55. The van der Waals surface area contributed by atoms with E-state index in [0.717, 1.165) is 12.8 Å². The lowest BCUT2D eigenvalue weighted by Gasteiger charge is -2.31. The number of amides is 1. The van der Waals surface area contributed by atoms with E-state index in [4.69, 9.17) is 11.6 Å². The third-order valence-corrected chi connectivity index (χ3v) is 6.66. The van der Waals surface area contributed by atoms with Gasteiger partial charge in [-0.15, -0.1) is 0 Å². The van der Waals surface area contributed by atoms with E-state index in [2.05, 4.69) is 0 Å². The lowest BCUT2D eigenvalue weighted by molar-refractivity contribution is -0.131. The molecular formula is C16H22ClNO3S. The van der Waals surface area contributed by atoms with Gasteiger partial charge in [-0.1, -0.05) is 23.7 Å². The number of halogens is 1. The van der Waals surface area contributed by atoms with E-state index in [9.17, 15) is 13.2 Å². The van der Waals surface area contributed by atoms with Crippen LogP contribution in [0.5, 0.6) is 0 Å². The van der Waals surface area contributed by atoms with Crippen molar-refractivity contribution in [3.05, 3.63) is 34.9 Å². The molecule has 1 amide bonds. The predicted octanol–water partition coefficient (Wildman–Crippen LogP) is 3.22. The quantitative estimate of drug-likeness (QED) is 0.843. The highest BCUT2D eigenvalue weighted by atomic mass is 35.5. The van der Waals surface area contributed by atoms with Crippen LogP contribution in [0.2, 0.25) is 5.02 Å². The summed E-state index contributed by atoms with van der Waals surface area (Å²) in [4.78, 5) is 14.1. The number of nitrogens with zero attached hydrogens (tertiary/aromatic N) is 1. The molecule has 1 aromatic carbocycles. The summed E-state index contributed by atoms with van der Waals surface area (Å²) in [6, 6.07) is 6.70. The minimum absolute atomic E-state index is 0.254. The molecule has 0 N–H and O–H groups in total. The van der Waals surface area contributed by atoms with Crippen molar-refractivity contribution in [3.63, 3.8) is 0 Å². The Kier molecular flexibility index (Phi) is 4.87. The van der Waals surface area contributed by atoms with Crippen molar-refractivity contribution in [2.24, 2.45) is 0 Å². The SMILES string of the molecule is CC(c1ccc(Cl)cc1)S(=O)(=O)CC(=O)N1CCCC1(C)C. The fraction of sp³-hybridized carbons (Fsp3) is 0.562. The number of rotatable bonds is 4. The first kappa shape index (κ1) is 17.3. The van der Waals surface area contributed by atoms with Gasteiger partial charge >= 0.3 is 0 Å². The molecule has 1 aliphatic heterocycles. The van der Waals surface area contributed by atoms with Crippen LogP contribution < -0.4 is 0 Å². The van der Waals surface area contributed by atoms with Crippen molar-refractivity contribution >= 4 is 27.3 Å². The summed E-state index contributed by atoms with van der Waals surface area (Å²) in [5, 5.41) is -0.164. The van der Waals surface area contributed by atoms with Gasteiger partial charge in [0.25, 0.3) is 0 Å². The molecule has 0 bridgehead atoms. The van der Waals surface area contributed by atoms with E-state index in [-0.39, 0.29) is 11.4 Å². The normalized spacial score (nSPS) is 19.2. The first-order valence-electron chi connectivity index (χ1n) is 7.41. The van der Waals surface area contributed by atoms with E-state index >= 15 is 0 Å². The van der Waals surface area contributed by atoms with Crippen LogP contribution in [0.25, 0.3) is 0 Å². The zero-order valence-electron chi connectivity index (χ0n) is 13.2. The van der Waals surface area contributed by atoms with Crippen molar-refractivity contribution in [1.82, 2.24) is 4.90 Å². The van der Waals surface area contributed by atoms with Crippen molar-refractivity contribution in [1.29, 1.82) is 0 Å². The summed E-state index contributed by atoms with van der Waals surface area (Å²) >= 11 is 5.82. The molecule has 0 aliphatic carbocycles. The zero-order valence-corrected chi connectivity index (χ0v) is 14.7. The van der Waals surface area contributed by atoms with Crippen LogP contribution in [0, 0.1) is 0 Å². The van der Waals surface area contributed by atoms with Gasteiger partial charge in [-0.3, -0.25) is 4.79 Å². The number of sulfone groups is 1. The first-order valence-corrected chi connectivity index (χ1v) is 9.50. The molecule has 22 heavy (non-hydrogen) atoms. The summed E-state index contributed by atoms with van der Waals surface area (Å²) < 4.78 is 25.0. The molecule has 0 radical (unpaired) electrons. The molecule has 1 atom stereocenters. The predicted molar refractivity (Wildman–Crippen MR) is 88.7 cm³/mol. The number of benzene rings is 1. The summed E-state index contributed by atoms with van der Waals surface area (Å²) in [5.74, 6) is -0.747. The maximum Gasteiger partial charge on any atom is 0.238 e. The van der Waals surface area contributed by atoms with Gasteiger partial charge in [0.2, 0.25) is 5.91 Å². The molecule has 1 aliphatic rings. The Morgan fingerprint density at radius 1 is 1.32 bits per heavy atom. The highest BCUT2D eigenvalue weighted by Crippen LogP contribution is 2.30. The highest BCUT2D eigenvalue weighted by molar-refractivity contribution is 7.92. The Hall–Kier alpha value is -1.07. The molecule has 0 spiro atoms. The molecule has 6 heteroatoms. The second-order valence-corrected chi connectivity index (χ2v) is 9.22. The molecule has 0 aromatic heterocycles. The average Bonchev–Trinajstić information content (AvgIpc) is 2.78. The minimum Gasteiger partial charge on any atom is -0.337 e. The van der Waals surface area contributed by atoms with E-state index in [1.54, 1.807) is 36.1 Å². The maximum atomic E-state index is 12.5. The maximum absolute atomic E-state index is 12.5. The molecule has 2 rings (SSSR count). The largest absolute Gasteiger partial charge is 0.337 e. The Balaban J connectivity index is 2.13. The van der Waals surface area contributed by atoms with Crippen LogP contribution in [0.15, 0.2) is 24.3 Å². The summed E-state index contributed by atoms with van der Waals surface area (Å²) in [6.45, 7) is 6.21. The number of likely N-dealkylation sites (tertiary alicyclic amines) is 1. The van der Waals surface area contributed by atoms with Gasteiger partial charge in [-0.05, 0) is 51.3 Å². The Morgan fingerprint density at radius 3 is 2.41 bits per heavy atom. The third-order valence-electron chi connectivity index (χ3n) is 4.40. The third kappa shape index (κ3) is 3.63. The van der Waals surface area contributed by atoms with Crippen LogP contribution in [0.4, 0.5) is 0 Å². The van der Waals surface area contributed by atoms with E-state index < -0.39 is 20.8 Å². The second-order valence-electron chi connectivity index (χ2n) is 6.46. The molecule has 1 saturated heterocycles. The van der Waals surface area contributed by atoms with Crippen molar-refractivity contribution in [3.8, 4) is 0 Å². The summed E-state index contributed by atoms with van der Waals surface area (Å²) in [6.07, 6.45) is 1.83. The van der Waals surface area contributed by atoms with Crippen LogP contribution in [-0.4, -0.2) is 37.1 Å². The molecular weight excluding hydrogens is 322 g/mol. The van der Waals surface area contributed by atoms with Gasteiger partial charge < -0.3 is 4.90 Å². The lowest BCUT2D eigenvalue weighted by atomic mass is 10.0. The van der Waals surface area contributed by atoms with Gasteiger partial charge in [-0.25, -0.2) is 8.42 Å². The van der Waals surface area contributed by atoms with E-state index in [0.29, 0.717) is 17.1 Å². The number of hydrogen-bond acceptors (Lipinski definition) is 3. The number of carbonyl (C=O) groups is 1. The minimum atomic E-state index is -3.55. The smallest absolute Gasteiger partial charge is 0.238 e. The lowest BCUT2D eigenvalue weighted by Crippen LogP contribution is -2.45. The molecule has 122 valence electrons. The topological polar surface area (TPSA) is 54.5 Å². The first-order chi connectivity index (χ1) is 10.1. The van der Waals surface area contributed by atoms with Crippen molar-refractivity contribution in [2.45, 2.75) is 44.4 Å². The van der Waals surface area contributed by atoms with Gasteiger partial charge in [-0.2, -0.15) is 0 Å². The second kappa shape index (κ2) is 6.20. The zero-order chi connectivity index (χ0) is 16.5. The fourth-order valence-corrected chi connectivity index (χ4v) is 4.33. The van der Waals surface area contributed by atoms with Gasteiger partial charge in [0.15, 0.2) is 9.84 Å². The molecule has 1 unspecified atom stereocenters. The molecule has 0 saturated carbocycles. The average molecular weight is 344 g/mol. The molecule has 4 nitrogen and oxygen atoms in total. The van der Waals surface area contributed by atoms with Gasteiger partial charge in [0, 0.05) is 17.1 Å². The van der Waals surface area contributed by atoms with Crippen LogP contribution >= 0.6 is 11.6 Å². The van der Waals surface area contributed by atoms with Crippen molar-refractivity contribution in [2.75, 3.05) is 12.3 Å². The summed E-state index contributed by atoms with van der Waals surface area (Å²) in [5.41, 5.74) is 0.397. The molecule has 1 heterocycles. The van der Waals surface area contributed by atoms with Crippen LogP contribution in [0.1, 0.15) is 44.4 Å². The fourth-order valence-electron chi connectivity index (χ4n) is 2.89. The Labute approximate surface area is 137 Å². The van der Waals surface area contributed by atoms with Crippen molar-refractivity contribution < 1.29 is 13.2 Å². The number of hydrogen-bond donors (Lipinski definition) is 0. The van der Waals surface area contributed by atoms with Crippen LogP contribution in [0.3, 0.4) is 0 Å². The van der Waals surface area contributed by atoms with Gasteiger partial charge in [0.1, 0.15) is 5.75 Å². The number of carbonyl (C=O) groups excluding carboxylic acids is 1. The van der Waals surface area contributed by atoms with E-state index in [1.165, 1.54) is 0 Å². The van der Waals surface area contributed by atoms with Gasteiger partial charge in [0.05, 0.1) is 5.25 Å². The monoisotopic (exact) mass is 343 g/mol. The standard InChI is InChI=1S/C16H22ClNO3S/c1-12(13-5-7-14(17)8-6-13)22(20,21)11-15(19)18-10-4-9-16(18,2)3/h5-8,12H,4,9-11H2,1-3H3. The molecule has 1 fully saturated rings. The van der Waals surface area contributed by atoms with E-state index in [1.807, 2.05) is 13.8 Å². The molecule has 1 aromatic rings. The highest BCUT2D eigenvalue weighted by Gasteiger charge is 2.37. The Morgan fingerprint density at radius 2 is 1.91 bits per heavy atom. The Bertz CT molecular complexity index is 652. The van der Waals surface area contributed by atoms with Crippen LogP contribution in [-0.2, 0) is 14.6 Å².